The molecular weight excluding hydrogens is 821 g/mol. The highest BCUT2D eigenvalue weighted by molar-refractivity contribution is 8.77. The van der Waals surface area contributed by atoms with Crippen LogP contribution in [-0.2, 0) is 4.79 Å². The van der Waals surface area contributed by atoms with Crippen molar-refractivity contribution in [3.63, 3.8) is 0 Å². The van der Waals surface area contributed by atoms with Gasteiger partial charge in [-0.05, 0) is 161 Å². The Bertz CT molecular complexity index is 1950. The van der Waals surface area contributed by atoms with Gasteiger partial charge in [0.15, 0.2) is 5.78 Å². The van der Waals surface area contributed by atoms with Gasteiger partial charge in [-0.1, -0.05) is 96.1 Å². The summed E-state index contributed by atoms with van der Waals surface area (Å²) in [5.74, 6) is 1.98. The van der Waals surface area contributed by atoms with E-state index in [9.17, 15) is 19.8 Å². The van der Waals surface area contributed by atoms with Crippen molar-refractivity contribution in [1.29, 1.82) is 0 Å². The first-order valence-corrected chi connectivity index (χ1v) is 25.1. The van der Waals surface area contributed by atoms with E-state index in [1.54, 1.807) is 43.0 Å². The van der Waals surface area contributed by atoms with E-state index in [2.05, 4.69) is 60.0 Å². The third-order valence-electron chi connectivity index (χ3n) is 11.5. The lowest BCUT2D eigenvalue weighted by atomic mass is 9.91. The molecule has 0 aromatic heterocycles. The van der Waals surface area contributed by atoms with Gasteiger partial charge in [0, 0.05) is 45.9 Å². The number of phenolic OH excluding ortho intramolecular Hbond substituents is 2. The highest BCUT2D eigenvalue weighted by atomic mass is 33.1. The van der Waals surface area contributed by atoms with Crippen LogP contribution in [0.25, 0.3) is 11.1 Å². The zero-order valence-electron chi connectivity index (χ0n) is 36.1. The molecule has 3 aliphatic rings. The maximum atomic E-state index is 11.9. The van der Waals surface area contributed by atoms with E-state index in [4.69, 9.17) is 10.2 Å². The predicted octanol–water partition coefficient (Wildman–Crippen LogP) is 12.6. The van der Waals surface area contributed by atoms with E-state index < -0.39 is 5.97 Å². The SMILES string of the molecule is CC(=O)c1ccc2c(c1)N(CCCN1CCC(CCO)CC1)c1ccccc1S2.CC/C(=C(/CC)c1ccc(O)cc1)c1ccc(O)cc1.O=C(O)CCCC[C@@H]1CCSS1. The fourth-order valence-corrected chi connectivity index (χ4v) is 12.2. The number of Topliss-reactive ketones (excluding diaryl/α,β-unsaturated/α-hetero) is 1. The number of aliphatic carboxylic acids is 1. The standard InChI is InChI=1S/C24H30N2O2S.C18H20O2.C8H14O2S2/c1-18(28)20-7-8-24-22(17-20)26(21-5-2-3-6-23(21)29-24)13-4-12-25-14-9-19(10-15-25)11-16-27;1-3-17(13-5-9-15(19)10-6-13)18(4-2)14-7-11-16(20)12-8-14;9-8(10)4-2-1-3-7-5-6-11-12-7/h2-3,5-8,17,19,27H,4,9-16H2,1H3;5-12,19-20H,3-4H2,1-2H3;7H,1-6H2,(H,9,10)/b;18-17+;/t;;7-/m..1/s1. The van der Waals surface area contributed by atoms with E-state index in [1.807, 2.05) is 51.9 Å². The van der Waals surface area contributed by atoms with E-state index >= 15 is 0 Å². The number of carbonyl (C=O) groups is 2. The lowest BCUT2D eigenvalue weighted by molar-refractivity contribution is -0.137. The van der Waals surface area contributed by atoms with Gasteiger partial charge in [-0.3, -0.25) is 9.59 Å². The summed E-state index contributed by atoms with van der Waals surface area (Å²) in [5, 5.41) is 37.2. The van der Waals surface area contributed by atoms with Gasteiger partial charge in [0.25, 0.3) is 0 Å². The van der Waals surface area contributed by atoms with Gasteiger partial charge in [-0.2, -0.15) is 0 Å². The van der Waals surface area contributed by atoms with Gasteiger partial charge >= 0.3 is 5.97 Å². The summed E-state index contributed by atoms with van der Waals surface area (Å²) in [5.41, 5.74) is 8.00. The van der Waals surface area contributed by atoms with Crippen LogP contribution in [0, 0.1) is 5.92 Å². The number of ketones is 1. The van der Waals surface area contributed by atoms with Gasteiger partial charge in [0.05, 0.1) is 11.4 Å². The number of phenols is 2. The molecule has 1 atom stereocenters. The molecule has 2 saturated heterocycles. The van der Waals surface area contributed by atoms with Gasteiger partial charge in [0.2, 0.25) is 0 Å². The first kappa shape index (κ1) is 48.2. The van der Waals surface area contributed by atoms with E-state index in [0.29, 0.717) is 18.9 Å². The van der Waals surface area contributed by atoms with Crippen molar-refractivity contribution in [1.82, 2.24) is 4.90 Å². The number of carboxylic acid groups (broad SMARTS) is 1. The number of piperidine rings is 1. The molecule has 0 amide bonds. The minimum Gasteiger partial charge on any atom is -0.508 e. The minimum atomic E-state index is -0.663. The van der Waals surface area contributed by atoms with Crippen molar-refractivity contribution in [3.05, 3.63) is 108 Å². The van der Waals surface area contributed by atoms with Crippen LogP contribution in [-0.4, -0.2) is 80.9 Å². The summed E-state index contributed by atoms with van der Waals surface area (Å²) in [6, 6.07) is 29.3. The van der Waals surface area contributed by atoms with Crippen molar-refractivity contribution in [2.75, 3.05) is 43.4 Å². The highest BCUT2D eigenvalue weighted by Gasteiger charge is 2.25. The van der Waals surface area contributed by atoms with Crippen LogP contribution in [0.4, 0.5) is 11.4 Å². The Balaban J connectivity index is 0.000000190. The molecule has 2 fully saturated rings. The number of hydrogen-bond acceptors (Lipinski definition) is 10. The number of carboxylic acids is 1. The molecule has 0 spiro atoms. The topological polar surface area (TPSA) is 122 Å². The second kappa shape index (κ2) is 25.3. The van der Waals surface area contributed by atoms with Gasteiger partial charge in [-0.25, -0.2) is 0 Å². The van der Waals surface area contributed by atoms with Crippen LogP contribution < -0.4 is 4.90 Å². The number of para-hydroxylation sites is 1. The number of nitrogens with zero attached hydrogens (tertiary/aromatic N) is 2. The fraction of sp³-hybridized carbons (Fsp3) is 0.440. The quantitative estimate of drug-likeness (QED) is 0.0372. The highest BCUT2D eigenvalue weighted by Crippen LogP contribution is 2.48. The third kappa shape index (κ3) is 14.9. The number of carbonyl (C=O) groups excluding carboxylic acids is 1. The number of aromatic hydroxyl groups is 2. The molecule has 3 heterocycles. The first-order valence-electron chi connectivity index (χ1n) is 21.9. The summed E-state index contributed by atoms with van der Waals surface area (Å²) in [6.07, 6.45) is 11.1. The van der Waals surface area contributed by atoms with Crippen LogP contribution in [0.1, 0.15) is 113 Å². The summed E-state index contributed by atoms with van der Waals surface area (Å²) < 4.78 is 0. The Hall–Kier alpha value is -3.87. The molecule has 8 nitrogen and oxygen atoms in total. The van der Waals surface area contributed by atoms with Crippen LogP contribution in [0.3, 0.4) is 0 Å². The summed E-state index contributed by atoms with van der Waals surface area (Å²) >= 11 is 1.79. The van der Waals surface area contributed by atoms with Crippen LogP contribution in [0.15, 0.2) is 101 Å². The van der Waals surface area contributed by atoms with Crippen LogP contribution in [0.5, 0.6) is 11.5 Å². The number of aliphatic hydroxyl groups is 1. The number of hydrogen-bond donors (Lipinski definition) is 4. The van der Waals surface area contributed by atoms with Crippen molar-refractivity contribution in [2.24, 2.45) is 5.92 Å². The van der Waals surface area contributed by atoms with Crippen molar-refractivity contribution < 1.29 is 30.0 Å². The molecule has 0 radical (unpaired) electrons. The molecule has 4 aromatic carbocycles. The zero-order chi connectivity index (χ0) is 43.6. The maximum absolute atomic E-state index is 11.9. The minimum absolute atomic E-state index is 0.113. The molecule has 0 aliphatic carbocycles. The molecular formula is C50H64N2O6S3. The van der Waals surface area contributed by atoms with E-state index in [1.165, 1.54) is 58.1 Å². The van der Waals surface area contributed by atoms with Crippen molar-refractivity contribution in [3.8, 4) is 11.5 Å². The second-order valence-electron chi connectivity index (χ2n) is 15.8. The Morgan fingerprint density at radius 2 is 1.31 bits per heavy atom. The number of benzene rings is 4. The van der Waals surface area contributed by atoms with Crippen LogP contribution in [0.2, 0.25) is 0 Å². The lowest BCUT2D eigenvalue weighted by Crippen LogP contribution is -2.36. The monoisotopic (exact) mass is 884 g/mol. The number of anilines is 2. The number of aliphatic hydroxyl groups excluding tert-OH is 1. The molecule has 3 aliphatic heterocycles. The number of fused-ring (bicyclic) bond motifs is 2. The summed E-state index contributed by atoms with van der Waals surface area (Å²) in [4.78, 5) is 29.6. The van der Waals surface area contributed by atoms with E-state index in [-0.39, 0.29) is 17.3 Å². The first-order chi connectivity index (χ1) is 29.6. The average Bonchev–Trinajstić information content (AvgIpc) is 3.80. The zero-order valence-corrected chi connectivity index (χ0v) is 38.5. The van der Waals surface area contributed by atoms with E-state index in [0.717, 1.165) is 92.3 Å². The van der Waals surface area contributed by atoms with Gasteiger partial charge in [-0.15, -0.1) is 0 Å². The number of likely N-dealkylation sites (tertiary alicyclic amines) is 1. The van der Waals surface area contributed by atoms with Gasteiger partial charge < -0.3 is 30.2 Å². The van der Waals surface area contributed by atoms with Gasteiger partial charge in [0.1, 0.15) is 11.5 Å². The van der Waals surface area contributed by atoms with Crippen molar-refractivity contribution in [2.45, 2.75) is 106 Å². The van der Waals surface area contributed by atoms with Crippen molar-refractivity contribution >= 4 is 67.6 Å². The van der Waals surface area contributed by atoms with Crippen LogP contribution >= 0.6 is 33.3 Å². The molecule has 0 saturated carbocycles. The third-order valence-corrected chi connectivity index (χ3v) is 15.7. The Kier molecular flexibility index (Phi) is 20.0. The normalized spacial score (nSPS) is 16.6. The Labute approximate surface area is 375 Å². The molecule has 7 rings (SSSR count). The second-order valence-corrected chi connectivity index (χ2v) is 19.7. The fourth-order valence-electron chi connectivity index (χ4n) is 8.14. The maximum Gasteiger partial charge on any atom is 0.303 e. The molecule has 4 aromatic rings. The smallest absolute Gasteiger partial charge is 0.303 e. The number of unbranched alkanes of at least 4 members (excludes halogenated alkanes) is 1. The molecule has 328 valence electrons. The lowest BCUT2D eigenvalue weighted by Gasteiger charge is -2.35. The summed E-state index contributed by atoms with van der Waals surface area (Å²) in [6.45, 7) is 10.6. The Morgan fingerprint density at radius 3 is 1.87 bits per heavy atom. The largest absolute Gasteiger partial charge is 0.508 e. The molecule has 4 N–H and O–H groups in total. The molecule has 0 bridgehead atoms. The number of rotatable bonds is 16. The summed E-state index contributed by atoms with van der Waals surface area (Å²) in [7, 11) is 3.92. The number of allylic oxidation sites excluding steroid dienone is 2. The molecule has 11 heteroatoms. The predicted molar refractivity (Wildman–Crippen MR) is 258 cm³/mol. The molecule has 0 unspecified atom stereocenters. The average molecular weight is 885 g/mol. The molecule has 61 heavy (non-hydrogen) atoms. The Morgan fingerprint density at radius 1 is 0.705 bits per heavy atom.